The van der Waals surface area contributed by atoms with Gasteiger partial charge in [0.05, 0.1) is 29.0 Å². The van der Waals surface area contributed by atoms with E-state index < -0.39 is 51.8 Å². The number of nitro benzene ring substituents is 1. The summed E-state index contributed by atoms with van der Waals surface area (Å²) < 4.78 is 34.2. The SMILES string of the molecule is CC(C)(C)OC(=O)N1CC[C@H](F)[C@@H](NC(=O)c2cc([N+](=O)[O-])c(NCCC#N)cc2F)C1. The molecule has 0 aromatic heterocycles. The van der Waals surface area contributed by atoms with Crippen LogP contribution in [0.1, 0.15) is 44.0 Å². The highest BCUT2D eigenvalue weighted by Crippen LogP contribution is 2.28. The van der Waals surface area contributed by atoms with Crippen LogP contribution in [-0.2, 0) is 4.74 Å². The van der Waals surface area contributed by atoms with E-state index >= 15 is 0 Å². The van der Waals surface area contributed by atoms with Crippen LogP contribution in [0.3, 0.4) is 0 Å². The number of rotatable bonds is 6. The van der Waals surface area contributed by atoms with Gasteiger partial charge < -0.3 is 20.3 Å². The molecule has 174 valence electrons. The molecule has 1 fully saturated rings. The Morgan fingerprint density at radius 2 is 2.09 bits per heavy atom. The molecular formula is C20H25F2N5O5. The summed E-state index contributed by atoms with van der Waals surface area (Å²) in [4.78, 5) is 36.6. The van der Waals surface area contributed by atoms with Gasteiger partial charge in [0.2, 0.25) is 0 Å². The molecule has 0 saturated carbocycles. The summed E-state index contributed by atoms with van der Waals surface area (Å²) in [6, 6.07) is 2.23. The topological polar surface area (TPSA) is 138 Å². The van der Waals surface area contributed by atoms with E-state index in [1.165, 1.54) is 4.90 Å². The van der Waals surface area contributed by atoms with Crippen molar-refractivity contribution in [3.63, 3.8) is 0 Å². The first-order valence-corrected chi connectivity index (χ1v) is 9.94. The number of nitrogens with one attached hydrogen (secondary N) is 2. The number of anilines is 1. The van der Waals surface area contributed by atoms with Crippen molar-refractivity contribution in [2.75, 3.05) is 25.0 Å². The Kier molecular flexibility index (Phi) is 7.91. The zero-order valence-corrected chi connectivity index (χ0v) is 18.0. The number of hydrogen-bond acceptors (Lipinski definition) is 7. The highest BCUT2D eigenvalue weighted by atomic mass is 19.1. The number of nitrogens with zero attached hydrogens (tertiary/aromatic N) is 3. The minimum atomic E-state index is -1.50. The number of ether oxygens (including phenoxy) is 1. The van der Waals surface area contributed by atoms with Gasteiger partial charge in [0, 0.05) is 31.8 Å². The summed E-state index contributed by atoms with van der Waals surface area (Å²) in [5.74, 6) is -2.10. The molecule has 0 spiro atoms. The molecular weight excluding hydrogens is 428 g/mol. The number of piperidine rings is 1. The van der Waals surface area contributed by atoms with Crippen molar-refractivity contribution in [1.82, 2.24) is 10.2 Å². The molecule has 1 heterocycles. The Hall–Kier alpha value is -3.49. The summed E-state index contributed by atoms with van der Waals surface area (Å²) >= 11 is 0. The van der Waals surface area contributed by atoms with Gasteiger partial charge in [-0.05, 0) is 27.2 Å². The van der Waals surface area contributed by atoms with E-state index in [0.717, 1.165) is 12.1 Å². The van der Waals surface area contributed by atoms with Crippen LogP contribution >= 0.6 is 0 Å². The Labute approximate surface area is 183 Å². The molecule has 0 unspecified atom stereocenters. The van der Waals surface area contributed by atoms with E-state index in [1.54, 1.807) is 20.8 Å². The Bertz CT molecular complexity index is 928. The van der Waals surface area contributed by atoms with Crippen molar-refractivity contribution >= 4 is 23.4 Å². The first kappa shape index (κ1) is 24.8. The first-order valence-electron chi connectivity index (χ1n) is 9.94. The van der Waals surface area contributed by atoms with E-state index in [-0.39, 0.29) is 38.2 Å². The van der Waals surface area contributed by atoms with Crippen molar-refractivity contribution in [2.24, 2.45) is 0 Å². The standard InChI is InChI=1S/C20H25F2N5O5/c1-20(2,3)32-19(29)26-8-5-13(21)16(11-26)25-18(28)12-9-17(27(30)31)15(10-14(12)22)24-7-4-6-23/h9-10,13,16,24H,4-5,7-8,11H2,1-3H3,(H,25,28)/t13-,16-/m0/s1. The van der Waals surface area contributed by atoms with Crippen LogP contribution in [0, 0.1) is 27.3 Å². The maximum Gasteiger partial charge on any atom is 0.410 e. The number of benzene rings is 1. The quantitative estimate of drug-likeness (QED) is 0.383. The fourth-order valence-electron chi connectivity index (χ4n) is 3.08. The van der Waals surface area contributed by atoms with Gasteiger partial charge in [0.1, 0.15) is 23.3 Å². The molecule has 32 heavy (non-hydrogen) atoms. The number of amides is 2. The molecule has 1 aliphatic heterocycles. The predicted molar refractivity (Wildman–Crippen MR) is 110 cm³/mol. The van der Waals surface area contributed by atoms with Crippen LogP contribution in [0.4, 0.5) is 25.0 Å². The van der Waals surface area contributed by atoms with Gasteiger partial charge in [0.25, 0.3) is 11.6 Å². The fraction of sp³-hybridized carbons (Fsp3) is 0.550. The molecule has 0 bridgehead atoms. The molecule has 1 aromatic carbocycles. The van der Waals surface area contributed by atoms with Crippen molar-refractivity contribution in [2.45, 2.75) is 51.4 Å². The first-order chi connectivity index (χ1) is 14.9. The molecule has 10 nitrogen and oxygen atoms in total. The molecule has 0 aliphatic carbocycles. The second-order valence-corrected chi connectivity index (χ2v) is 8.25. The minimum absolute atomic E-state index is 0.0364. The van der Waals surface area contributed by atoms with Gasteiger partial charge in [-0.1, -0.05) is 0 Å². The van der Waals surface area contributed by atoms with E-state index in [4.69, 9.17) is 10.00 Å². The molecule has 1 aromatic rings. The lowest BCUT2D eigenvalue weighted by Gasteiger charge is -2.36. The maximum absolute atomic E-state index is 14.5. The van der Waals surface area contributed by atoms with E-state index in [9.17, 15) is 28.5 Å². The molecule has 2 N–H and O–H groups in total. The maximum atomic E-state index is 14.5. The van der Waals surface area contributed by atoms with Crippen molar-refractivity contribution < 1.29 is 28.0 Å². The average molecular weight is 453 g/mol. The summed E-state index contributed by atoms with van der Waals surface area (Å²) in [7, 11) is 0. The summed E-state index contributed by atoms with van der Waals surface area (Å²) in [6.07, 6.45) is -2.19. The summed E-state index contributed by atoms with van der Waals surface area (Å²) in [5, 5.41) is 24.8. The van der Waals surface area contributed by atoms with Crippen LogP contribution in [0.2, 0.25) is 0 Å². The molecule has 2 atom stereocenters. The van der Waals surface area contributed by atoms with Crippen LogP contribution in [0.25, 0.3) is 0 Å². The van der Waals surface area contributed by atoms with Crippen molar-refractivity contribution in [3.8, 4) is 6.07 Å². The lowest BCUT2D eigenvalue weighted by atomic mass is 10.0. The van der Waals surface area contributed by atoms with Gasteiger partial charge in [-0.3, -0.25) is 14.9 Å². The number of alkyl halides is 1. The normalized spacial score (nSPS) is 18.4. The van der Waals surface area contributed by atoms with Gasteiger partial charge >= 0.3 is 6.09 Å². The smallest absolute Gasteiger partial charge is 0.410 e. The summed E-state index contributed by atoms with van der Waals surface area (Å²) in [6.45, 7) is 4.99. The zero-order valence-electron chi connectivity index (χ0n) is 18.0. The lowest BCUT2D eigenvalue weighted by molar-refractivity contribution is -0.384. The molecule has 2 rings (SSSR count). The van der Waals surface area contributed by atoms with E-state index in [0.29, 0.717) is 0 Å². The van der Waals surface area contributed by atoms with Crippen LogP contribution in [0.5, 0.6) is 0 Å². The third-order valence-electron chi connectivity index (χ3n) is 4.58. The number of halogens is 2. The lowest BCUT2D eigenvalue weighted by Crippen LogP contribution is -2.55. The second-order valence-electron chi connectivity index (χ2n) is 8.25. The highest BCUT2D eigenvalue weighted by Gasteiger charge is 2.35. The van der Waals surface area contributed by atoms with E-state index in [2.05, 4.69) is 10.6 Å². The summed E-state index contributed by atoms with van der Waals surface area (Å²) in [5.41, 5.74) is -2.14. The Balaban J connectivity index is 2.18. The van der Waals surface area contributed by atoms with Crippen molar-refractivity contribution in [1.29, 1.82) is 5.26 Å². The average Bonchev–Trinajstić information content (AvgIpc) is 2.68. The molecule has 12 heteroatoms. The number of nitriles is 1. The second kappa shape index (κ2) is 10.2. The Morgan fingerprint density at radius 1 is 1.41 bits per heavy atom. The number of carbonyl (C=O) groups is 2. The zero-order chi connectivity index (χ0) is 24.1. The van der Waals surface area contributed by atoms with Crippen LogP contribution in [0.15, 0.2) is 12.1 Å². The van der Waals surface area contributed by atoms with Gasteiger partial charge in [0.15, 0.2) is 0 Å². The van der Waals surface area contributed by atoms with Gasteiger partial charge in [-0.25, -0.2) is 13.6 Å². The van der Waals surface area contributed by atoms with E-state index in [1.807, 2.05) is 6.07 Å². The number of hydrogen-bond donors (Lipinski definition) is 2. The van der Waals surface area contributed by atoms with Crippen molar-refractivity contribution in [3.05, 3.63) is 33.6 Å². The number of carbonyl (C=O) groups excluding carboxylic acids is 2. The largest absolute Gasteiger partial charge is 0.444 e. The Morgan fingerprint density at radius 3 is 2.69 bits per heavy atom. The molecule has 2 amide bonds. The molecule has 1 aliphatic rings. The third kappa shape index (κ3) is 6.50. The van der Waals surface area contributed by atoms with Crippen LogP contribution in [-0.4, -0.2) is 59.3 Å². The molecule has 0 radical (unpaired) electrons. The minimum Gasteiger partial charge on any atom is -0.444 e. The van der Waals surface area contributed by atoms with Gasteiger partial charge in [-0.15, -0.1) is 0 Å². The third-order valence-corrected chi connectivity index (χ3v) is 4.58. The van der Waals surface area contributed by atoms with Gasteiger partial charge in [-0.2, -0.15) is 5.26 Å². The monoisotopic (exact) mass is 453 g/mol. The molecule has 1 saturated heterocycles. The highest BCUT2D eigenvalue weighted by molar-refractivity contribution is 5.96. The number of likely N-dealkylation sites (tertiary alicyclic amines) is 1. The van der Waals surface area contributed by atoms with Crippen LogP contribution < -0.4 is 10.6 Å². The number of nitro groups is 1. The fourth-order valence-corrected chi connectivity index (χ4v) is 3.08. The predicted octanol–water partition coefficient (Wildman–Crippen LogP) is 3.14.